The number of aliphatic hydroxyl groups is 3. The minimum Gasteiger partial charge on any atom is -0.484 e. The molecule has 3 aliphatic rings. The molecule has 36 heavy (non-hydrogen) atoms. The summed E-state index contributed by atoms with van der Waals surface area (Å²) in [5.41, 5.74) is -2.81. The Morgan fingerprint density at radius 1 is 1.22 bits per heavy atom. The molecule has 3 N–H and O–H groups in total. The molecule has 2 aliphatic carbocycles. The van der Waals surface area contributed by atoms with E-state index in [4.69, 9.17) is 13.9 Å². The third-order valence-corrected chi connectivity index (χ3v) is 9.18. The number of esters is 1. The number of carbonyl (C=O) groups excluding carboxylic acids is 1. The molecule has 5 rings (SSSR count). The molecule has 0 bridgehead atoms. The number of rotatable bonds is 3. The second-order valence-corrected chi connectivity index (χ2v) is 11.3. The van der Waals surface area contributed by atoms with Crippen LogP contribution < -0.4 is 10.4 Å². The molecule has 3 heterocycles. The molecular weight excluding hydrogens is 466 g/mol. The minimum atomic E-state index is -1.27. The second kappa shape index (κ2) is 8.39. The molecule has 3 unspecified atom stereocenters. The van der Waals surface area contributed by atoms with Crippen molar-refractivity contribution in [3.05, 3.63) is 46.6 Å². The predicted octanol–water partition coefficient (Wildman–Crippen LogP) is 2.61. The fourth-order valence-electron chi connectivity index (χ4n) is 7.31. The SMILES string of the molecule is CC(=O)OCC1(C)C2C[C@H](O)[C@@]3(C)Oc4cc(-c5cccnc5)oc(=O)c4[C@H](O)C3[C@@]2(C)CC[C@@H]1O. The van der Waals surface area contributed by atoms with Gasteiger partial charge in [0.1, 0.15) is 22.7 Å². The van der Waals surface area contributed by atoms with E-state index < -0.39 is 52.3 Å². The van der Waals surface area contributed by atoms with Crippen molar-refractivity contribution in [2.75, 3.05) is 6.61 Å². The zero-order valence-electron chi connectivity index (χ0n) is 20.9. The Balaban J connectivity index is 1.61. The Labute approximate surface area is 209 Å². The van der Waals surface area contributed by atoms with E-state index in [0.29, 0.717) is 18.4 Å². The first kappa shape index (κ1) is 24.9. The standard InChI is InChI=1S/C27H33NO8/c1-14(29)34-13-26(3)18-11-20(31)27(4)23(25(18,2)8-7-19(26)30)22(32)21-17(36-27)10-16(35-24(21)33)15-6-5-9-28-12-15/h5-6,9-10,12,18-20,22-23,30-32H,7-8,11,13H2,1-4H3/t18?,19-,20-,22-,23?,25-,26?,27+/m0/s1. The van der Waals surface area contributed by atoms with Gasteiger partial charge in [0.05, 0.1) is 24.9 Å². The number of ether oxygens (including phenoxy) is 2. The lowest BCUT2D eigenvalue weighted by molar-refractivity contribution is -0.265. The number of fused-ring (bicyclic) bond motifs is 4. The van der Waals surface area contributed by atoms with Crippen LogP contribution in [-0.2, 0) is 9.53 Å². The average molecular weight is 500 g/mol. The minimum absolute atomic E-state index is 0.00986. The monoisotopic (exact) mass is 499 g/mol. The zero-order valence-corrected chi connectivity index (χ0v) is 20.9. The summed E-state index contributed by atoms with van der Waals surface area (Å²) in [5.74, 6) is -1.01. The zero-order chi connectivity index (χ0) is 26.0. The van der Waals surface area contributed by atoms with Crippen LogP contribution in [0, 0.1) is 22.7 Å². The summed E-state index contributed by atoms with van der Waals surface area (Å²) in [4.78, 5) is 28.8. The largest absolute Gasteiger partial charge is 0.484 e. The predicted molar refractivity (Wildman–Crippen MR) is 128 cm³/mol. The van der Waals surface area contributed by atoms with Gasteiger partial charge < -0.3 is 29.2 Å². The Hall–Kier alpha value is -2.75. The molecule has 8 atom stereocenters. The van der Waals surface area contributed by atoms with E-state index in [9.17, 15) is 24.9 Å². The van der Waals surface area contributed by atoms with Crippen molar-refractivity contribution in [2.45, 2.75) is 70.9 Å². The molecule has 0 amide bonds. The molecule has 1 aliphatic heterocycles. The van der Waals surface area contributed by atoms with Crippen LogP contribution in [0.5, 0.6) is 5.75 Å². The van der Waals surface area contributed by atoms with Crippen LogP contribution in [0.15, 0.2) is 39.8 Å². The normalized spacial score (nSPS) is 39.2. The fourth-order valence-corrected chi connectivity index (χ4v) is 7.31. The highest BCUT2D eigenvalue weighted by Crippen LogP contribution is 2.66. The van der Waals surface area contributed by atoms with E-state index in [1.165, 1.54) is 6.92 Å². The maximum absolute atomic E-state index is 13.2. The van der Waals surface area contributed by atoms with Crippen LogP contribution in [0.25, 0.3) is 11.3 Å². The number of aliphatic hydroxyl groups excluding tert-OH is 3. The molecule has 9 heteroatoms. The van der Waals surface area contributed by atoms with E-state index in [2.05, 4.69) is 4.98 Å². The summed E-state index contributed by atoms with van der Waals surface area (Å²) in [7, 11) is 0. The van der Waals surface area contributed by atoms with Crippen molar-refractivity contribution in [3.8, 4) is 17.1 Å². The van der Waals surface area contributed by atoms with E-state index >= 15 is 0 Å². The van der Waals surface area contributed by atoms with Gasteiger partial charge in [0.15, 0.2) is 0 Å². The van der Waals surface area contributed by atoms with E-state index in [1.54, 1.807) is 37.5 Å². The Morgan fingerprint density at radius 2 is 1.97 bits per heavy atom. The Kier molecular flexibility index (Phi) is 5.81. The van der Waals surface area contributed by atoms with Gasteiger partial charge in [0.25, 0.3) is 0 Å². The summed E-state index contributed by atoms with van der Waals surface area (Å²) in [5, 5.41) is 34.2. The maximum atomic E-state index is 13.2. The highest BCUT2D eigenvalue weighted by molar-refractivity contribution is 5.66. The van der Waals surface area contributed by atoms with Crippen LogP contribution in [0.1, 0.15) is 58.6 Å². The lowest BCUT2D eigenvalue weighted by Gasteiger charge is -2.66. The van der Waals surface area contributed by atoms with Gasteiger partial charge in [-0.2, -0.15) is 0 Å². The van der Waals surface area contributed by atoms with Crippen LogP contribution in [-0.4, -0.2) is 50.7 Å². The average Bonchev–Trinajstić information content (AvgIpc) is 2.82. The van der Waals surface area contributed by atoms with E-state index in [0.717, 1.165) is 0 Å². The van der Waals surface area contributed by atoms with Crippen molar-refractivity contribution in [2.24, 2.45) is 22.7 Å². The van der Waals surface area contributed by atoms with Gasteiger partial charge in [-0.15, -0.1) is 0 Å². The molecular formula is C27H33NO8. The van der Waals surface area contributed by atoms with Gasteiger partial charge in [-0.3, -0.25) is 9.78 Å². The lowest BCUT2D eigenvalue weighted by Crippen LogP contribution is -2.70. The number of hydrogen-bond acceptors (Lipinski definition) is 9. The van der Waals surface area contributed by atoms with Crippen molar-refractivity contribution in [3.63, 3.8) is 0 Å². The van der Waals surface area contributed by atoms with Gasteiger partial charge in [-0.25, -0.2) is 4.79 Å². The molecule has 194 valence electrons. The molecule has 2 aromatic rings. The number of nitrogens with zero attached hydrogens (tertiary/aromatic N) is 1. The van der Waals surface area contributed by atoms with Gasteiger partial charge >= 0.3 is 11.6 Å². The maximum Gasteiger partial charge on any atom is 0.345 e. The van der Waals surface area contributed by atoms with Crippen molar-refractivity contribution < 1.29 is 34.0 Å². The van der Waals surface area contributed by atoms with Gasteiger partial charge in [-0.1, -0.05) is 13.8 Å². The van der Waals surface area contributed by atoms with E-state index in [-0.39, 0.29) is 36.0 Å². The molecule has 0 radical (unpaired) electrons. The summed E-state index contributed by atoms with van der Waals surface area (Å²) in [6, 6.07) is 5.03. The second-order valence-electron chi connectivity index (χ2n) is 11.3. The third-order valence-electron chi connectivity index (χ3n) is 9.18. The molecule has 2 saturated carbocycles. The highest BCUT2D eigenvalue weighted by atomic mass is 16.5. The molecule has 2 aromatic heterocycles. The quantitative estimate of drug-likeness (QED) is 0.544. The Bertz CT molecular complexity index is 1230. The topological polar surface area (TPSA) is 139 Å². The summed E-state index contributed by atoms with van der Waals surface area (Å²) < 4.78 is 17.3. The van der Waals surface area contributed by atoms with Crippen molar-refractivity contribution in [1.82, 2.24) is 4.98 Å². The first-order valence-electron chi connectivity index (χ1n) is 12.4. The molecule has 2 fully saturated rings. The van der Waals surface area contributed by atoms with Crippen molar-refractivity contribution >= 4 is 5.97 Å². The Morgan fingerprint density at radius 3 is 2.64 bits per heavy atom. The van der Waals surface area contributed by atoms with Crippen molar-refractivity contribution in [1.29, 1.82) is 0 Å². The third kappa shape index (κ3) is 3.51. The number of pyridine rings is 1. The molecule has 0 aromatic carbocycles. The highest BCUT2D eigenvalue weighted by Gasteiger charge is 2.69. The molecule has 0 saturated heterocycles. The van der Waals surface area contributed by atoms with Crippen LogP contribution in [0.3, 0.4) is 0 Å². The summed E-state index contributed by atoms with van der Waals surface area (Å²) in [6.07, 6.45) is 1.36. The number of hydrogen-bond donors (Lipinski definition) is 3. The fraction of sp³-hybridized carbons (Fsp3) is 0.593. The van der Waals surface area contributed by atoms with Gasteiger partial charge in [-0.05, 0) is 49.7 Å². The van der Waals surface area contributed by atoms with Gasteiger partial charge in [0.2, 0.25) is 0 Å². The van der Waals surface area contributed by atoms with Crippen LogP contribution >= 0.6 is 0 Å². The van der Waals surface area contributed by atoms with Crippen LogP contribution in [0.2, 0.25) is 0 Å². The first-order chi connectivity index (χ1) is 16.9. The number of carbonyl (C=O) groups is 1. The van der Waals surface area contributed by atoms with E-state index in [1.807, 2.05) is 13.8 Å². The molecule has 9 nitrogen and oxygen atoms in total. The van der Waals surface area contributed by atoms with Gasteiger partial charge in [0, 0.05) is 42.3 Å². The number of aromatic nitrogens is 1. The lowest BCUT2D eigenvalue weighted by atomic mass is 9.42. The summed E-state index contributed by atoms with van der Waals surface area (Å²) >= 11 is 0. The van der Waals surface area contributed by atoms with Crippen LogP contribution in [0.4, 0.5) is 0 Å². The smallest absolute Gasteiger partial charge is 0.345 e. The molecule has 0 spiro atoms. The summed E-state index contributed by atoms with van der Waals surface area (Å²) in [6.45, 7) is 6.94. The first-order valence-corrected chi connectivity index (χ1v) is 12.4.